The Kier molecular flexibility index (Phi) is 14.0. The molecule has 2 fully saturated rings. The molecule has 0 unspecified atom stereocenters. The first kappa shape index (κ1) is 45.1. The SMILES string of the molecule is CCC(CC)c1nc(C(=O)N2CCOC3(CCN(Cc4cccc(CCNC[C@H](OC(=O)C(F)(F)F)c5ccc(OC(=O)C(F)(F)F)c6[nH]c(=O)sc56)c4F)CC3)C2)cs1. The van der Waals surface area contributed by atoms with Gasteiger partial charge in [-0.25, -0.2) is 19.0 Å². The molecule has 4 aromatic rings. The zero-order valence-corrected chi connectivity index (χ0v) is 34.1. The number of piperidine rings is 1. The summed E-state index contributed by atoms with van der Waals surface area (Å²) in [4.78, 5) is 58.9. The largest absolute Gasteiger partial charge is 0.491 e. The molecule has 21 heteroatoms. The van der Waals surface area contributed by atoms with Gasteiger partial charge in [0, 0.05) is 55.1 Å². The van der Waals surface area contributed by atoms with Crippen LogP contribution >= 0.6 is 22.7 Å². The first-order valence-corrected chi connectivity index (χ1v) is 20.9. The van der Waals surface area contributed by atoms with Crippen molar-refractivity contribution < 1.29 is 59.3 Å². The van der Waals surface area contributed by atoms with Crippen molar-refractivity contribution in [1.29, 1.82) is 0 Å². The molecular formula is C39H42F7N5O7S2. The number of aromatic amines is 1. The summed E-state index contributed by atoms with van der Waals surface area (Å²) in [6.45, 7) is 6.51. The standard InChI is InChI=1S/C39H42F7N5O7S2/c1-3-22(4-2)32-48-26(20-59-32)33(52)51-16-17-56-37(21-51)11-14-50(15-12-37)19-24-7-5-6-23(29(24)40)10-13-47-18-28(58-35(54)39(44,45)46)25-8-9-27(57-34(53)38(41,42)43)30-31(25)60-36(55)49-30/h5-9,20,22,28,47H,3-4,10-19,21H2,1-2H3,(H,49,55)/t28-/m0/s1. The van der Waals surface area contributed by atoms with Gasteiger partial charge in [-0.05, 0) is 56.3 Å². The van der Waals surface area contributed by atoms with Gasteiger partial charge in [0.25, 0.3) is 5.91 Å². The monoisotopic (exact) mass is 889 g/mol. The number of likely N-dealkylation sites (tertiary alicyclic amines) is 1. The van der Waals surface area contributed by atoms with Gasteiger partial charge in [0.1, 0.15) is 23.1 Å². The van der Waals surface area contributed by atoms with E-state index >= 15 is 4.39 Å². The van der Waals surface area contributed by atoms with Crippen LogP contribution in [0.25, 0.3) is 10.2 Å². The fourth-order valence-corrected chi connectivity index (χ4v) is 9.37. The van der Waals surface area contributed by atoms with Crippen LogP contribution in [0.1, 0.15) is 83.7 Å². The van der Waals surface area contributed by atoms with Gasteiger partial charge in [-0.15, -0.1) is 11.3 Å². The molecule has 2 aliphatic rings. The number of halogens is 7. The van der Waals surface area contributed by atoms with Crippen LogP contribution in [0.2, 0.25) is 0 Å². The number of esters is 2. The smallest absolute Gasteiger partial charge is 0.449 e. The quantitative estimate of drug-likeness (QED) is 0.0586. The average molecular weight is 890 g/mol. The number of alkyl halides is 6. The van der Waals surface area contributed by atoms with E-state index in [1.807, 2.05) is 10.3 Å². The van der Waals surface area contributed by atoms with Crippen molar-refractivity contribution in [2.75, 3.05) is 45.9 Å². The number of morpholine rings is 1. The number of nitrogens with zero attached hydrogens (tertiary/aromatic N) is 3. The van der Waals surface area contributed by atoms with Gasteiger partial charge < -0.3 is 29.4 Å². The molecule has 0 bridgehead atoms. The van der Waals surface area contributed by atoms with Gasteiger partial charge >= 0.3 is 29.2 Å². The summed E-state index contributed by atoms with van der Waals surface area (Å²) in [6.07, 6.45) is -9.29. The lowest BCUT2D eigenvalue weighted by Crippen LogP contribution is -2.58. The predicted octanol–water partition coefficient (Wildman–Crippen LogP) is 7.04. The number of nitrogens with one attached hydrogen (secondary N) is 2. The number of aromatic nitrogens is 2. The highest BCUT2D eigenvalue weighted by atomic mass is 32.1. The van der Waals surface area contributed by atoms with Crippen LogP contribution < -0.4 is 14.9 Å². The summed E-state index contributed by atoms with van der Waals surface area (Å²) in [6, 6.07) is 6.72. The van der Waals surface area contributed by atoms with Crippen LogP contribution in [0.5, 0.6) is 5.75 Å². The number of H-pyrrole nitrogens is 1. The van der Waals surface area contributed by atoms with E-state index < -0.39 is 64.5 Å². The molecule has 60 heavy (non-hydrogen) atoms. The Bertz CT molecular complexity index is 2230. The minimum Gasteiger partial charge on any atom is -0.449 e. The van der Waals surface area contributed by atoms with Crippen LogP contribution in [0.15, 0.2) is 40.5 Å². The Hall–Kier alpha value is -4.44. The minimum atomic E-state index is -5.41. The highest BCUT2D eigenvalue weighted by Crippen LogP contribution is 2.36. The van der Waals surface area contributed by atoms with Gasteiger partial charge in [0.05, 0.1) is 28.5 Å². The number of benzene rings is 2. The first-order chi connectivity index (χ1) is 28.4. The van der Waals surface area contributed by atoms with Crippen molar-refractivity contribution in [3.05, 3.63) is 78.6 Å². The minimum absolute atomic E-state index is 0.00691. The molecule has 4 heterocycles. The number of carbonyl (C=O) groups excluding carboxylic acids is 3. The normalized spacial score (nSPS) is 16.7. The third-order valence-corrected chi connectivity index (χ3v) is 12.6. The average Bonchev–Trinajstić information content (AvgIpc) is 3.85. The van der Waals surface area contributed by atoms with Crippen LogP contribution in [0, 0.1) is 5.82 Å². The molecular weight excluding hydrogens is 848 g/mol. The number of rotatable bonds is 14. The zero-order valence-electron chi connectivity index (χ0n) is 32.5. The molecule has 2 N–H and O–H groups in total. The van der Waals surface area contributed by atoms with Crippen LogP contribution in [-0.2, 0) is 32.0 Å². The third-order valence-electron chi connectivity index (χ3n) is 10.7. The highest BCUT2D eigenvalue weighted by Gasteiger charge is 2.44. The summed E-state index contributed by atoms with van der Waals surface area (Å²) in [5, 5.41) is 5.63. The van der Waals surface area contributed by atoms with Crippen molar-refractivity contribution in [2.45, 2.75) is 82.5 Å². The number of hydrogen-bond acceptors (Lipinski definition) is 12. The van der Waals surface area contributed by atoms with Crippen molar-refractivity contribution in [2.24, 2.45) is 0 Å². The number of ether oxygens (including phenoxy) is 3. The van der Waals surface area contributed by atoms with Gasteiger partial charge in [0.15, 0.2) is 5.75 Å². The number of carbonyl (C=O) groups is 3. The Balaban J connectivity index is 1.06. The van der Waals surface area contributed by atoms with E-state index in [1.54, 1.807) is 18.2 Å². The molecule has 0 aliphatic carbocycles. The molecule has 0 radical (unpaired) electrons. The molecule has 6 rings (SSSR count). The molecule has 12 nitrogen and oxygen atoms in total. The Labute approximate surface area is 347 Å². The number of hydrogen-bond donors (Lipinski definition) is 2. The van der Waals surface area contributed by atoms with Crippen molar-refractivity contribution in [3.8, 4) is 5.75 Å². The van der Waals surface area contributed by atoms with Crippen molar-refractivity contribution >= 4 is 50.7 Å². The number of amides is 1. The molecule has 1 amide bonds. The molecule has 1 spiro atoms. The molecule has 2 saturated heterocycles. The van der Waals surface area contributed by atoms with E-state index in [0.717, 1.165) is 30.0 Å². The maximum Gasteiger partial charge on any atom is 0.491 e. The maximum absolute atomic E-state index is 15.8. The summed E-state index contributed by atoms with van der Waals surface area (Å²) in [5.41, 5.74) is 0.0503. The maximum atomic E-state index is 15.8. The van der Waals surface area contributed by atoms with Gasteiger partial charge in [0.2, 0.25) is 0 Å². The van der Waals surface area contributed by atoms with E-state index in [2.05, 4.69) is 38.8 Å². The molecule has 2 aromatic carbocycles. The first-order valence-electron chi connectivity index (χ1n) is 19.2. The second kappa shape index (κ2) is 18.7. The topological polar surface area (TPSA) is 143 Å². The van der Waals surface area contributed by atoms with Crippen molar-refractivity contribution in [1.82, 2.24) is 25.1 Å². The van der Waals surface area contributed by atoms with Gasteiger partial charge in [-0.3, -0.25) is 14.5 Å². The molecule has 2 aromatic heterocycles. The van der Waals surface area contributed by atoms with Crippen LogP contribution in [-0.4, -0.2) is 101 Å². The molecule has 1 atom stereocenters. The highest BCUT2D eigenvalue weighted by molar-refractivity contribution is 7.16. The van der Waals surface area contributed by atoms with Gasteiger partial charge in [-0.2, -0.15) is 26.3 Å². The van der Waals surface area contributed by atoms with E-state index in [1.165, 1.54) is 11.3 Å². The molecule has 2 aliphatic heterocycles. The Morgan fingerprint density at radius 2 is 1.70 bits per heavy atom. The predicted molar refractivity (Wildman–Crippen MR) is 207 cm³/mol. The lowest BCUT2D eigenvalue weighted by atomic mass is 9.89. The Morgan fingerprint density at radius 3 is 2.38 bits per heavy atom. The van der Waals surface area contributed by atoms with E-state index in [9.17, 15) is 45.5 Å². The van der Waals surface area contributed by atoms with E-state index in [-0.39, 0.29) is 29.1 Å². The van der Waals surface area contributed by atoms with E-state index in [4.69, 9.17) is 9.47 Å². The van der Waals surface area contributed by atoms with Crippen molar-refractivity contribution in [3.63, 3.8) is 0 Å². The summed E-state index contributed by atoms with van der Waals surface area (Å²) in [5.74, 6) is -6.14. The number of fused-ring (bicyclic) bond motifs is 1. The second-order valence-corrected chi connectivity index (χ2v) is 16.5. The lowest BCUT2D eigenvalue weighted by Gasteiger charge is -2.47. The second-order valence-electron chi connectivity index (χ2n) is 14.6. The van der Waals surface area contributed by atoms with E-state index in [0.29, 0.717) is 86.2 Å². The fraction of sp³-hybridized carbons (Fsp3) is 0.513. The third kappa shape index (κ3) is 10.5. The lowest BCUT2D eigenvalue weighted by molar-refractivity contribution is -0.205. The summed E-state index contributed by atoms with van der Waals surface area (Å²) in [7, 11) is 0. The molecule has 0 saturated carbocycles. The number of thiazole rings is 2. The summed E-state index contributed by atoms with van der Waals surface area (Å²) >= 11 is 1.91. The fourth-order valence-electron chi connectivity index (χ4n) is 7.39. The zero-order chi connectivity index (χ0) is 43.4. The van der Waals surface area contributed by atoms with Crippen LogP contribution in [0.3, 0.4) is 0 Å². The molecule has 326 valence electrons. The summed E-state index contributed by atoms with van der Waals surface area (Å²) < 4.78 is 109. The van der Waals surface area contributed by atoms with Crippen LogP contribution in [0.4, 0.5) is 30.7 Å². The Morgan fingerprint density at radius 1 is 1.00 bits per heavy atom. The van der Waals surface area contributed by atoms with Gasteiger partial charge in [-0.1, -0.05) is 43.4 Å².